The first kappa shape index (κ1) is 18.6. The smallest absolute Gasteiger partial charge is 0.335 e. The second-order valence-corrected chi connectivity index (χ2v) is 5.64. The van der Waals surface area contributed by atoms with Crippen molar-refractivity contribution in [3.63, 3.8) is 0 Å². The van der Waals surface area contributed by atoms with Crippen LogP contribution in [-0.2, 0) is 9.59 Å². The minimum Gasteiger partial charge on any atom is -0.500 e. The van der Waals surface area contributed by atoms with Gasteiger partial charge in [0.15, 0.2) is 5.75 Å². The molecular weight excluding hydrogens is 370 g/mol. The van der Waals surface area contributed by atoms with Crippen LogP contribution in [0.5, 0.6) is 11.5 Å². The zero-order valence-corrected chi connectivity index (χ0v) is 14.4. The Balaban J connectivity index is 2.09. The van der Waals surface area contributed by atoms with Crippen LogP contribution in [0.25, 0.3) is 6.08 Å². The van der Waals surface area contributed by atoms with Crippen LogP contribution < -0.4 is 15.0 Å². The quantitative estimate of drug-likeness (QED) is 0.356. The van der Waals surface area contributed by atoms with Crippen molar-refractivity contribution in [1.29, 1.82) is 0 Å². The maximum atomic E-state index is 12.8. The zero-order valence-electron chi connectivity index (χ0n) is 14.4. The van der Waals surface area contributed by atoms with E-state index in [1.807, 2.05) is 0 Å². The third kappa shape index (κ3) is 3.26. The van der Waals surface area contributed by atoms with Crippen LogP contribution in [0.4, 0.5) is 16.2 Å². The van der Waals surface area contributed by atoms with Gasteiger partial charge >= 0.3 is 11.7 Å². The summed E-state index contributed by atoms with van der Waals surface area (Å²) in [5, 5.41) is 23.0. The lowest BCUT2D eigenvalue weighted by Crippen LogP contribution is -2.54. The van der Waals surface area contributed by atoms with Gasteiger partial charge in [-0.2, -0.15) is 0 Å². The molecule has 28 heavy (non-hydrogen) atoms. The number of hydrogen-bond acceptors (Lipinski definition) is 7. The first-order chi connectivity index (χ1) is 13.3. The van der Waals surface area contributed by atoms with Gasteiger partial charge in [-0.05, 0) is 29.8 Å². The number of phenolic OH excluding ortho intramolecular Hbond substituents is 1. The molecule has 0 radical (unpaired) electrons. The standard InChI is InChI=1S/C18H13N3O7/c1-28-14-9-10(8-13(15(14)22)21(26)27)7-12-16(23)19-18(25)20(17(12)24)11-5-3-2-4-6-11/h2-9,22H,1H3,(H,19,23,25)/b12-7+. The Morgan fingerprint density at radius 2 is 1.86 bits per heavy atom. The van der Waals surface area contributed by atoms with E-state index in [9.17, 15) is 29.6 Å². The predicted octanol–water partition coefficient (Wildman–Crippen LogP) is 1.98. The number of para-hydroxylation sites is 1. The Hall–Kier alpha value is -4.21. The zero-order chi connectivity index (χ0) is 20.4. The number of imide groups is 2. The van der Waals surface area contributed by atoms with Crippen molar-refractivity contribution in [2.75, 3.05) is 12.0 Å². The van der Waals surface area contributed by atoms with Crippen molar-refractivity contribution in [1.82, 2.24) is 5.32 Å². The van der Waals surface area contributed by atoms with Gasteiger partial charge in [-0.15, -0.1) is 0 Å². The number of barbiturate groups is 1. The third-order valence-electron chi connectivity index (χ3n) is 3.92. The summed E-state index contributed by atoms with van der Waals surface area (Å²) < 4.78 is 4.89. The molecule has 1 saturated heterocycles. The highest BCUT2D eigenvalue weighted by molar-refractivity contribution is 6.39. The summed E-state index contributed by atoms with van der Waals surface area (Å²) in [6.45, 7) is 0. The second kappa shape index (κ2) is 7.19. The molecule has 2 aromatic carbocycles. The number of phenols is 1. The number of nitro groups is 1. The van der Waals surface area contributed by atoms with Gasteiger partial charge in [0.25, 0.3) is 11.8 Å². The minimum absolute atomic E-state index is 0.0576. The second-order valence-electron chi connectivity index (χ2n) is 5.64. The number of carbonyl (C=O) groups excluding carboxylic acids is 3. The molecule has 2 N–H and O–H groups in total. The molecule has 4 amide bonds. The molecule has 10 nitrogen and oxygen atoms in total. The monoisotopic (exact) mass is 383 g/mol. The van der Waals surface area contributed by atoms with Crippen molar-refractivity contribution in [3.8, 4) is 11.5 Å². The summed E-state index contributed by atoms with van der Waals surface area (Å²) in [5.74, 6) is -2.73. The van der Waals surface area contributed by atoms with Crippen molar-refractivity contribution < 1.29 is 29.2 Å². The van der Waals surface area contributed by atoms with Gasteiger partial charge in [0.1, 0.15) is 5.57 Å². The molecule has 1 aliphatic rings. The number of benzene rings is 2. The van der Waals surface area contributed by atoms with Crippen LogP contribution in [0.3, 0.4) is 0 Å². The van der Waals surface area contributed by atoms with Crippen LogP contribution >= 0.6 is 0 Å². The van der Waals surface area contributed by atoms with E-state index in [1.54, 1.807) is 18.2 Å². The van der Waals surface area contributed by atoms with Gasteiger partial charge in [0.05, 0.1) is 17.7 Å². The number of carbonyl (C=O) groups is 3. The number of amides is 4. The van der Waals surface area contributed by atoms with E-state index in [-0.39, 0.29) is 17.0 Å². The number of rotatable bonds is 4. The average molecular weight is 383 g/mol. The molecule has 10 heteroatoms. The number of urea groups is 1. The SMILES string of the molecule is COc1cc(/C=C2\C(=O)NC(=O)N(c3ccccc3)C2=O)cc([N+](=O)[O-])c1O. The number of aromatic hydroxyl groups is 1. The van der Waals surface area contributed by atoms with E-state index in [2.05, 4.69) is 5.32 Å². The first-order valence-electron chi connectivity index (χ1n) is 7.85. The van der Waals surface area contributed by atoms with Gasteiger partial charge in [0, 0.05) is 6.07 Å². The number of nitrogens with one attached hydrogen (secondary N) is 1. The highest BCUT2D eigenvalue weighted by atomic mass is 16.6. The van der Waals surface area contributed by atoms with E-state index in [4.69, 9.17) is 4.74 Å². The number of methoxy groups -OCH3 is 1. The van der Waals surface area contributed by atoms with Gasteiger partial charge in [0.2, 0.25) is 5.75 Å². The summed E-state index contributed by atoms with van der Waals surface area (Å²) in [5.41, 5.74) is -0.767. The molecule has 0 saturated carbocycles. The maximum Gasteiger partial charge on any atom is 0.335 e. The highest BCUT2D eigenvalue weighted by Crippen LogP contribution is 2.37. The van der Waals surface area contributed by atoms with Gasteiger partial charge in [-0.3, -0.25) is 25.0 Å². The van der Waals surface area contributed by atoms with E-state index >= 15 is 0 Å². The fourth-order valence-electron chi connectivity index (χ4n) is 2.63. The molecule has 0 spiro atoms. The predicted molar refractivity (Wildman–Crippen MR) is 96.8 cm³/mol. The molecule has 0 unspecified atom stereocenters. The Labute approximate surface area is 157 Å². The molecule has 1 heterocycles. The van der Waals surface area contributed by atoms with Crippen molar-refractivity contribution in [2.45, 2.75) is 0 Å². The Bertz CT molecular complexity index is 1030. The molecule has 0 atom stereocenters. The molecule has 142 valence electrons. The fraction of sp³-hybridized carbons (Fsp3) is 0.0556. The van der Waals surface area contributed by atoms with Gasteiger partial charge in [-0.1, -0.05) is 18.2 Å². The van der Waals surface area contributed by atoms with E-state index < -0.39 is 39.8 Å². The molecule has 2 aromatic rings. The van der Waals surface area contributed by atoms with Gasteiger partial charge < -0.3 is 9.84 Å². The lowest BCUT2D eigenvalue weighted by atomic mass is 10.1. The molecule has 3 rings (SSSR count). The summed E-state index contributed by atoms with van der Waals surface area (Å²) in [7, 11) is 1.20. The number of nitrogens with zero attached hydrogens (tertiary/aromatic N) is 2. The molecular formula is C18H13N3O7. The molecule has 1 aliphatic heterocycles. The van der Waals surface area contributed by atoms with E-state index in [0.717, 1.165) is 17.0 Å². The van der Waals surface area contributed by atoms with Crippen molar-refractivity contribution in [3.05, 3.63) is 63.7 Å². The molecule has 0 aliphatic carbocycles. The number of nitro benzene ring substituents is 1. The normalized spacial score (nSPS) is 15.5. The average Bonchev–Trinajstić information content (AvgIpc) is 2.66. The Kier molecular flexibility index (Phi) is 4.77. The van der Waals surface area contributed by atoms with E-state index in [1.165, 1.54) is 25.3 Å². The first-order valence-corrected chi connectivity index (χ1v) is 7.85. The lowest BCUT2D eigenvalue weighted by Gasteiger charge is -2.26. The van der Waals surface area contributed by atoms with Crippen LogP contribution in [0.15, 0.2) is 48.0 Å². The fourth-order valence-corrected chi connectivity index (χ4v) is 2.63. The topological polar surface area (TPSA) is 139 Å². The largest absolute Gasteiger partial charge is 0.500 e. The number of anilines is 1. The lowest BCUT2D eigenvalue weighted by molar-refractivity contribution is -0.386. The molecule has 0 aromatic heterocycles. The van der Waals surface area contributed by atoms with Gasteiger partial charge in [-0.25, -0.2) is 9.69 Å². The third-order valence-corrected chi connectivity index (χ3v) is 3.92. The van der Waals surface area contributed by atoms with E-state index in [0.29, 0.717) is 0 Å². The number of ether oxygens (including phenoxy) is 1. The summed E-state index contributed by atoms with van der Waals surface area (Å²) in [6, 6.07) is 9.24. The summed E-state index contributed by atoms with van der Waals surface area (Å²) in [6.07, 6.45) is 1.08. The Morgan fingerprint density at radius 1 is 1.18 bits per heavy atom. The van der Waals surface area contributed by atoms with Crippen LogP contribution in [-0.4, -0.2) is 35.0 Å². The Morgan fingerprint density at radius 3 is 2.46 bits per heavy atom. The van der Waals surface area contributed by atoms with Crippen molar-refractivity contribution in [2.24, 2.45) is 0 Å². The molecule has 1 fully saturated rings. The van der Waals surface area contributed by atoms with Crippen molar-refractivity contribution >= 4 is 35.3 Å². The van der Waals surface area contributed by atoms with Crippen LogP contribution in [0, 0.1) is 10.1 Å². The minimum atomic E-state index is -0.947. The van der Waals surface area contributed by atoms with Crippen LogP contribution in [0.1, 0.15) is 5.56 Å². The summed E-state index contributed by atoms with van der Waals surface area (Å²) >= 11 is 0. The molecule has 0 bridgehead atoms. The van der Waals surface area contributed by atoms with Crippen LogP contribution in [0.2, 0.25) is 0 Å². The highest BCUT2D eigenvalue weighted by Gasteiger charge is 2.37. The maximum absolute atomic E-state index is 12.8. The summed E-state index contributed by atoms with van der Waals surface area (Å²) in [4.78, 5) is 48.1. The number of hydrogen-bond donors (Lipinski definition) is 2.